The molecule has 3 rings (SSSR count). The summed E-state index contributed by atoms with van der Waals surface area (Å²) >= 11 is 0. The lowest BCUT2D eigenvalue weighted by Gasteiger charge is -2.03. The lowest BCUT2D eigenvalue weighted by atomic mass is 10.0. The zero-order chi connectivity index (χ0) is 12.0. The first-order valence-electron chi connectivity index (χ1n) is 6.05. The summed E-state index contributed by atoms with van der Waals surface area (Å²) in [5, 5.41) is 8.82. The maximum atomic E-state index is 12.1. The second-order valence-electron chi connectivity index (χ2n) is 4.99. The van der Waals surface area contributed by atoms with Gasteiger partial charge in [-0.1, -0.05) is 12.1 Å². The van der Waals surface area contributed by atoms with E-state index in [1.165, 1.54) is 11.1 Å². The molecule has 0 bridgehead atoms. The number of Topliss-reactive ketones (excluding diaryl/α,β-unsaturated/α-hetero) is 1. The first-order chi connectivity index (χ1) is 8.16. The van der Waals surface area contributed by atoms with Crippen molar-refractivity contribution in [1.82, 2.24) is 0 Å². The van der Waals surface area contributed by atoms with Crippen LogP contribution in [0.5, 0.6) is 0 Å². The van der Waals surface area contributed by atoms with Gasteiger partial charge in [0.2, 0.25) is 0 Å². The molecule has 0 spiro atoms. The molecule has 1 fully saturated rings. The van der Waals surface area contributed by atoms with E-state index in [9.17, 15) is 9.59 Å². The molecule has 17 heavy (non-hydrogen) atoms. The van der Waals surface area contributed by atoms with E-state index >= 15 is 0 Å². The van der Waals surface area contributed by atoms with E-state index in [4.69, 9.17) is 5.11 Å². The Hall–Kier alpha value is -1.64. The predicted molar refractivity (Wildman–Crippen MR) is 62.0 cm³/mol. The summed E-state index contributed by atoms with van der Waals surface area (Å²) in [5.74, 6) is -1.57. The molecule has 2 unspecified atom stereocenters. The molecular formula is C14H14O3. The number of carbonyl (C=O) groups excluding carboxylic acids is 1. The van der Waals surface area contributed by atoms with Crippen LogP contribution < -0.4 is 0 Å². The first-order valence-corrected chi connectivity index (χ1v) is 6.05. The minimum atomic E-state index is -0.843. The Morgan fingerprint density at radius 3 is 2.59 bits per heavy atom. The average Bonchev–Trinajstić information content (AvgIpc) is 2.99. The van der Waals surface area contributed by atoms with Crippen LogP contribution >= 0.6 is 0 Å². The first kappa shape index (κ1) is 10.5. The van der Waals surface area contributed by atoms with Crippen LogP contribution in [-0.2, 0) is 17.6 Å². The van der Waals surface area contributed by atoms with Gasteiger partial charge in [0.15, 0.2) is 5.78 Å². The van der Waals surface area contributed by atoms with Crippen molar-refractivity contribution in [1.29, 1.82) is 0 Å². The van der Waals surface area contributed by atoms with E-state index in [-0.39, 0.29) is 11.7 Å². The minimum absolute atomic E-state index is 0.00657. The largest absolute Gasteiger partial charge is 0.481 e. The van der Waals surface area contributed by atoms with Gasteiger partial charge >= 0.3 is 5.97 Å². The highest BCUT2D eigenvalue weighted by Gasteiger charge is 2.48. The van der Waals surface area contributed by atoms with Crippen molar-refractivity contribution in [2.24, 2.45) is 11.8 Å². The zero-order valence-electron chi connectivity index (χ0n) is 9.48. The molecule has 3 heteroatoms. The van der Waals surface area contributed by atoms with Crippen LogP contribution in [0.4, 0.5) is 0 Å². The number of rotatable bonds is 3. The molecule has 2 aliphatic rings. The number of benzene rings is 1. The summed E-state index contributed by atoms with van der Waals surface area (Å²) in [5.41, 5.74) is 3.30. The van der Waals surface area contributed by atoms with Crippen LogP contribution in [0.1, 0.15) is 34.3 Å². The SMILES string of the molecule is O=C(O)C1CC1C(=O)c1ccc2c(c1)CCC2. The number of hydrogen-bond acceptors (Lipinski definition) is 2. The summed E-state index contributed by atoms with van der Waals surface area (Å²) in [4.78, 5) is 22.8. The molecular weight excluding hydrogens is 216 g/mol. The highest BCUT2D eigenvalue weighted by atomic mass is 16.4. The van der Waals surface area contributed by atoms with Gasteiger partial charge < -0.3 is 5.11 Å². The lowest BCUT2D eigenvalue weighted by molar-refractivity contribution is -0.138. The Kier molecular flexibility index (Phi) is 2.28. The Labute approximate surface area is 99.5 Å². The molecule has 2 atom stereocenters. The van der Waals surface area contributed by atoms with Gasteiger partial charge in [-0.2, -0.15) is 0 Å². The number of ketones is 1. The third-order valence-corrected chi connectivity index (χ3v) is 3.83. The molecule has 1 saturated carbocycles. The van der Waals surface area contributed by atoms with Crippen molar-refractivity contribution in [3.8, 4) is 0 Å². The lowest BCUT2D eigenvalue weighted by Crippen LogP contribution is -2.08. The monoisotopic (exact) mass is 230 g/mol. The van der Waals surface area contributed by atoms with E-state index in [2.05, 4.69) is 0 Å². The maximum absolute atomic E-state index is 12.1. The molecule has 0 radical (unpaired) electrons. The Morgan fingerprint density at radius 2 is 1.88 bits per heavy atom. The van der Waals surface area contributed by atoms with Gasteiger partial charge in [0.1, 0.15) is 0 Å². The standard InChI is InChI=1S/C14H14O3/c15-13(11-7-12(11)14(16)17)10-5-4-8-2-1-3-9(8)6-10/h4-6,11-12H,1-3,7H2,(H,16,17). The fraction of sp³-hybridized carbons (Fsp3) is 0.429. The van der Waals surface area contributed by atoms with Crippen LogP contribution in [0.25, 0.3) is 0 Å². The number of aryl methyl sites for hydroxylation is 2. The maximum Gasteiger partial charge on any atom is 0.307 e. The van der Waals surface area contributed by atoms with Crippen molar-refractivity contribution in [2.45, 2.75) is 25.7 Å². The third-order valence-electron chi connectivity index (χ3n) is 3.83. The van der Waals surface area contributed by atoms with Gasteiger partial charge in [-0.05, 0) is 42.9 Å². The van der Waals surface area contributed by atoms with Gasteiger partial charge in [0, 0.05) is 11.5 Å². The molecule has 0 heterocycles. The number of hydrogen-bond donors (Lipinski definition) is 1. The molecule has 3 nitrogen and oxygen atoms in total. The fourth-order valence-electron chi connectivity index (χ4n) is 2.70. The highest BCUT2D eigenvalue weighted by molar-refractivity contribution is 6.02. The van der Waals surface area contributed by atoms with E-state index in [1.807, 2.05) is 18.2 Å². The van der Waals surface area contributed by atoms with Crippen molar-refractivity contribution < 1.29 is 14.7 Å². The normalized spacial score (nSPS) is 25.4. The molecule has 88 valence electrons. The number of aliphatic carboxylic acids is 1. The Balaban J connectivity index is 1.81. The van der Waals surface area contributed by atoms with Crippen molar-refractivity contribution in [3.05, 3.63) is 34.9 Å². The van der Waals surface area contributed by atoms with Crippen LogP contribution in [0, 0.1) is 11.8 Å². The second kappa shape index (κ2) is 3.69. The predicted octanol–water partition coefficient (Wildman–Crippen LogP) is 2.08. The van der Waals surface area contributed by atoms with Crippen molar-refractivity contribution in [3.63, 3.8) is 0 Å². The molecule has 0 amide bonds. The average molecular weight is 230 g/mol. The number of carboxylic acids is 1. The molecule has 0 aliphatic heterocycles. The van der Waals surface area contributed by atoms with Crippen LogP contribution in [0.15, 0.2) is 18.2 Å². The van der Waals surface area contributed by atoms with Crippen LogP contribution in [0.3, 0.4) is 0 Å². The number of carboxylic acid groups (broad SMARTS) is 1. The fourth-order valence-corrected chi connectivity index (χ4v) is 2.70. The summed E-state index contributed by atoms with van der Waals surface area (Å²) in [7, 11) is 0. The summed E-state index contributed by atoms with van der Waals surface area (Å²) in [6.45, 7) is 0. The van der Waals surface area contributed by atoms with Crippen molar-refractivity contribution >= 4 is 11.8 Å². The zero-order valence-corrected chi connectivity index (χ0v) is 9.48. The molecule has 1 aromatic rings. The van der Waals surface area contributed by atoms with Gasteiger partial charge in [0.25, 0.3) is 0 Å². The molecule has 0 aromatic heterocycles. The number of fused-ring (bicyclic) bond motifs is 1. The smallest absolute Gasteiger partial charge is 0.307 e. The molecule has 1 aromatic carbocycles. The van der Waals surface area contributed by atoms with E-state index in [1.54, 1.807) is 0 Å². The second-order valence-corrected chi connectivity index (χ2v) is 4.99. The van der Waals surface area contributed by atoms with E-state index in [0.717, 1.165) is 19.3 Å². The molecule has 2 aliphatic carbocycles. The van der Waals surface area contributed by atoms with Crippen LogP contribution in [0.2, 0.25) is 0 Å². The van der Waals surface area contributed by atoms with E-state index in [0.29, 0.717) is 12.0 Å². The third kappa shape index (κ3) is 1.75. The molecule has 0 saturated heterocycles. The minimum Gasteiger partial charge on any atom is -0.481 e. The summed E-state index contributed by atoms with van der Waals surface area (Å²) < 4.78 is 0. The van der Waals surface area contributed by atoms with Gasteiger partial charge in [0.05, 0.1) is 5.92 Å². The van der Waals surface area contributed by atoms with Crippen molar-refractivity contribution in [2.75, 3.05) is 0 Å². The molecule has 1 N–H and O–H groups in total. The summed E-state index contributed by atoms with van der Waals surface area (Å²) in [6, 6.07) is 5.83. The topological polar surface area (TPSA) is 54.4 Å². The van der Waals surface area contributed by atoms with Gasteiger partial charge in [-0.25, -0.2) is 0 Å². The van der Waals surface area contributed by atoms with E-state index < -0.39 is 11.9 Å². The number of carbonyl (C=O) groups is 2. The quantitative estimate of drug-likeness (QED) is 0.809. The Morgan fingerprint density at radius 1 is 1.12 bits per heavy atom. The van der Waals surface area contributed by atoms with Gasteiger partial charge in [-0.3, -0.25) is 9.59 Å². The highest BCUT2D eigenvalue weighted by Crippen LogP contribution is 2.41. The van der Waals surface area contributed by atoms with Gasteiger partial charge in [-0.15, -0.1) is 0 Å². The summed E-state index contributed by atoms with van der Waals surface area (Å²) in [6.07, 6.45) is 3.81. The van der Waals surface area contributed by atoms with Crippen LogP contribution in [-0.4, -0.2) is 16.9 Å². The Bertz CT molecular complexity index is 504.